The van der Waals surface area contributed by atoms with Crippen LogP contribution >= 0.6 is 0 Å². The molecule has 1 N–H and O–H groups in total. The second-order valence-electron chi connectivity index (χ2n) is 5.64. The maximum Gasteiger partial charge on any atom is 0.358 e. The van der Waals surface area contributed by atoms with Crippen LogP contribution in [-0.4, -0.2) is 35.6 Å². The molecule has 1 fully saturated rings. The Morgan fingerprint density at radius 1 is 1.38 bits per heavy atom. The third-order valence-electron chi connectivity index (χ3n) is 4.13. The Balaban J connectivity index is 1.97. The number of carboxylic acid groups (broad SMARTS) is 1. The Hall–Kier alpha value is -2.18. The summed E-state index contributed by atoms with van der Waals surface area (Å²) in [7, 11) is 1.84. The fourth-order valence-corrected chi connectivity index (χ4v) is 3.01. The van der Waals surface area contributed by atoms with E-state index in [2.05, 4.69) is 15.3 Å². The lowest BCUT2D eigenvalue weighted by Crippen LogP contribution is -2.17. The van der Waals surface area contributed by atoms with Crippen molar-refractivity contribution in [2.24, 2.45) is 13.0 Å². The summed E-state index contributed by atoms with van der Waals surface area (Å²) in [4.78, 5) is 15.6. The van der Waals surface area contributed by atoms with E-state index in [0.29, 0.717) is 24.0 Å². The maximum atomic E-state index is 11.4. The van der Waals surface area contributed by atoms with Gasteiger partial charge in [-0.05, 0) is 18.8 Å². The highest BCUT2D eigenvalue weighted by Gasteiger charge is 2.25. The van der Waals surface area contributed by atoms with Gasteiger partial charge in [0.1, 0.15) is 5.69 Å². The van der Waals surface area contributed by atoms with Crippen LogP contribution in [-0.2, 0) is 13.6 Å². The predicted octanol–water partition coefficient (Wildman–Crippen LogP) is 1.96. The number of rotatable bonds is 4. The molecule has 2 aromatic heterocycles. The van der Waals surface area contributed by atoms with E-state index in [1.807, 2.05) is 7.05 Å². The summed E-state index contributed by atoms with van der Waals surface area (Å²) in [6.07, 6.45) is 9.55. The summed E-state index contributed by atoms with van der Waals surface area (Å²) in [5.41, 5.74) is 0.473. The van der Waals surface area contributed by atoms with Crippen LogP contribution in [0.1, 0.15) is 42.6 Å². The van der Waals surface area contributed by atoms with Crippen molar-refractivity contribution in [2.75, 3.05) is 0 Å². The lowest BCUT2D eigenvalue weighted by atomic mass is 9.89. The molecule has 7 heteroatoms. The minimum Gasteiger partial charge on any atom is -0.476 e. The molecule has 0 atom stereocenters. The van der Waals surface area contributed by atoms with Gasteiger partial charge in [0, 0.05) is 26.0 Å². The van der Waals surface area contributed by atoms with E-state index < -0.39 is 5.97 Å². The van der Waals surface area contributed by atoms with Crippen molar-refractivity contribution in [3.63, 3.8) is 0 Å². The number of carboxylic acids is 1. The first-order valence-corrected chi connectivity index (χ1v) is 7.31. The van der Waals surface area contributed by atoms with Gasteiger partial charge >= 0.3 is 5.97 Å². The Morgan fingerprint density at radius 2 is 2.14 bits per heavy atom. The van der Waals surface area contributed by atoms with E-state index in [9.17, 15) is 9.90 Å². The van der Waals surface area contributed by atoms with Crippen LogP contribution in [0.4, 0.5) is 0 Å². The van der Waals surface area contributed by atoms with Crippen molar-refractivity contribution < 1.29 is 9.90 Å². The van der Waals surface area contributed by atoms with Gasteiger partial charge < -0.3 is 9.67 Å². The highest BCUT2D eigenvalue weighted by molar-refractivity contribution is 5.91. The largest absolute Gasteiger partial charge is 0.476 e. The van der Waals surface area contributed by atoms with Gasteiger partial charge in [0.05, 0.1) is 0 Å². The first-order chi connectivity index (χ1) is 10.2. The number of carbonyl (C=O) groups is 1. The minimum atomic E-state index is -1.07. The lowest BCUT2D eigenvalue weighted by molar-refractivity contribution is 0.0691. The second kappa shape index (κ2) is 5.67. The van der Waals surface area contributed by atoms with Crippen LogP contribution in [0, 0.1) is 5.92 Å². The highest BCUT2D eigenvalue weighted by Crippen LogP contribution is 2.27. The summed E-state index contributed by atoms with van der Waals surface area (Å²) in [6.45, 7) is 0.711. The zero-order valence-corrected chi connectivity index (χ0v) is 12.1. The summed E-state index contributed by atoms with van der Waals surface area (Å²) in [5.74, 6) is 0.0669. The summed E-state index contributed by atoms with van der Waals surface area (Å²) >= 11 is 0. The Labute approximate surface area is 122 Å². The monoisotopic (exact) mass is 289 g/mol. The summed E-state index contributed by atoms with van der Waals surface area (Å²) in [5, 5.41) is 17.2. The molecular weight excluding hydrogens is 270 g/mol. The molecule has 0 radical (unpaired) electrons. The Kier molecular flexibility index (Phi) is 3.72. The molecule has 2 heterocycles. The van der Waals surface area contributed by atoms with Crippen LogP contribution in [0.3, 0.4) is 0 Å². The molecule has 0 unspecified atom stereocenters. The molecule has 0 amide bonds. The number of hydrogen-bond donors (Lipinski definition) is 1. The van der Waals surface area contributed by atoms with Gasteiger partial charge in [-0.2, -0.15) is 0 Å². The average molecular weight is 289 g/mol. The molecule has 112 valence electrons. The van der Waals surface area contributed by atoms with Crippen molar-refractivity contribution in [1.29, 1.82) is 0 Å². The fraction of sp³-hybridized carbons (Fsp3) is 0.571. The third kappa shape index (κ3) is 2.68. The first kappa shape index (κ1) is 13.8. The molecule has 0 aromatic carbocycles. The van der Waals surface area contributed by atoms with Gasteiger partial charge in [0.2, 0.25) is 5.69 Å². The smallest absolute Gasteiger partial charge is 0.358 e. The van der Waals surface area contributed by atoms with E-state index in [0.717, 1.165) is 0 Å². The molecule has 0 bridgehead atoms. The quantitative estimate of drug-likeness (QED) is 0.929. The topological polar surface area (TPSA) is 85.8 Å². The number of nitrogens with zero attached hydrogens (tertiary/aromatic N) is 5. The number of hydrogen-bond acceptors (Lipinski definition) is 4. The van der Waals surface area contributed by atoms with Crippen molar-refractivity contribution in [3.8, 4) is 11.5 Å². The van der Waals surface area contributed by atoms with Crippen LogP contribution in [0.5, 0.6) is 0 Å². The maximum absolute atomic E-state index is 11.4. The highest BCUT2D eigenvalue weighted by atomic mass is 16.4. The van der Waals surface area contributed by atoms with E-state index in [1.54, 1.807) is 21.6 Å². The molecule has 1 aliphatic rings. The van der Waals surface area contributed by atoms with E-state index in [1.165, 1.54) is 32.1 Å². The van der Waals surface area contributed by atoms with E-state index in [-0.39, 0.29) is 5.69 Å². The van der Waals surface area contributed by atoms with E-state index in [4.69, 9.17) is 0 Å². The molecule has 3 rings (SSSR count). The minimum absolute atomic E-state index is 0.0277. The van der Waals surface area contributed by atoms with Crippen molar-refractivity contribution >= 4 is 5.97 Å². The van der Waals surface area contributed by atoms with Crippen molar-refractivity contribution in [1.82, 2.24) is 24.5 Å². The van der Waals surface area contributed by atoms with Gasteiger partial charge in [0.25, 0.3) is 0 Å². The van der Waals surface area contributed by atoms with Crippen molar-refractivity contribution in [3.05, 3.63) is 18.1 Å². The molecule has 21 heavy (non-hydrogen) atoms. The van der Waals surface area contributed by atoms with Crippen LogP contribution in [0.25, 0.3) is 11.5 Å². The van der Waals surface area contributed by atoms with Crippen molar-refractivity contribution in [2.45, 2.75) is 38.6 Å². The van der Waals surface area contributed by atoms with Crippen LogP contribution in [0.2, 0.25) is 0 Å². The molecule has 2 aromatic rings. The van der Waals surface area contributed by atoms with Gasteiger partial charge in [-0.25, -0.2) is 14.5 Å². The first-order valence-electron chi connectivity index (χ1n) is 7.31. The van der Waals surface area contributed by atoms with Gasteiger partial charge in [-0.15, -0.1) is 5.10 Å². The van der Waals surface area contributed by atoms with E-state index >= 15 is 0 Å². The fourth-order valence-electron chi connectivity index (χ4n) is 3.01. The zero-order chi connectivity index (χ0) is 14.8. The van der Waals surface area contributed by atoms with Gasteiger partial charge in [-0.1, -0.05) is 24.5 Å². The molecule has 0 spiro atoms. The standard InChI is InChI=1S/C14H19N5O2/c1-18-8-7-15-13(18)12-11(14(20)21)16-17-19(12)9-10-5-3-2-4-6-10/h7-8,10H,2-6,9H2,1H3,(H,20,21). The second-order valence-corrected chi connectivity index (χ2v) is 5.64. The SMILES string of the molecule is Cn1ccnc1-c1c(C(=O)O)nnn1CC1CCCCC1. The number of aromatic carboxylic acids is 1. The third-order valence-corrected chi connectivity index (χ3v) is 4.13. The Bertz CT molecular complexity index is 640. The van der Waals surface area contributed by atoms with Crippen LogP contribution < -0.4 is 0 Å². The Morgan fingerprint density at radius 3 is 2.76 bits per heavy atom. The predicted molar refractivity (Wildman–Crippen MR) is 75.8 cm³/mol. The average Bonchev–Trinajstić information content (AvgIpc) is 3.06. The van der Waals surface area contributed by atoms with Gasteiger partial charge in [-0.3, -0.25) is 0 Å². The number of aryl methyl sites for hydroxylation is 1. The number of imidazole rings is 1. The number of aromatic nitrogens is 5. The molecule has 1 saturated carbocycles. The van der Waals surface area contributed by atoms with Crippen LogP contribution in [0.15, 0.2) is 12.4 Å². The molecular formula is C14H19N5O2. The molecule has 0 saturated heterocycles. The summed E-state index contributed by atoms with van der Waals surface area (Å²) < 4.78 is 3.50. The lowest BCUT2D eigenvalue weighted by Gasteiger charge is -2.21. The normalized spacial score (nSPS) is 16.2. The zero-order valence-electron chi connectivity index (χ0n) is 12.1. The molecule has 0 aliphatic heterocycles. The molecule has 1 aliphatic carbocycles. The molecule has 7 nitrogen and oxygen atoms in total. The van der Waals surface area contributed by atoms with Gasteiger partial charge in [0.15, 0.2) is 5.82 Å². The summed E-state index contributed by atoms with van der Waals surface area (Å²) in [6, 6.07) is 0.